The van der Waals surface area contributed by atoms with Crippen molar-refractivity contribution < 1.29 is 4.42 Å². The van der Waals surface area contributed by atoms with Crippen LogP contribution in [0.1, 0.15) is 11.3 Å². The zero-order valence-corrected chi connectivity index (χ0v) is 19.6. The first-order chi connectivity index (χ1) is 16.7. The SMILES string of the molecule is Cc1c(-c2ccc3sc4c(C)nccc4c3n2)ccc2c1oc1c(-c3ccccc3)cccc12. The molecular formula is C30H20N2OS. The van der Waals surface area contributed by atoms with Gasteiger partial charge in [-0.2, -0.15) is 0 Å². The summed E-state index contributed by atoms with van der Waals surface area (Å²) in [4.78, 5) is 9.55. The molecule has 0 spiro atoms. The molecule has 4 heterocycles. The van der Waals surface area contributed by atoms with Crippen LogP contribution < -0.4 is 0 Å². The van der Waals surface area contributed by atoms with E-state index in [2.05, 4.69) is 91.6 Å². The topological polar surface area (TPSA) is 38.9 Å². The lowest BCUT2D eigenvalue weighted by Crippen LogP contribution is -1.88. The van der Waals surface area contributed by atoms with Crippen LogP contribution in [0.25, 0.3) is 64.6 Å². The van der Waals surface area contributed by atoms with Crippen LogP contribution in [-0.2, 0) is 0 Å². The van der Waals surface area contributed by atoms with E-state index in [1.807, 2.05) is 12.3 Å². The quantitative estimate of drug-likeness (QED) is 0.261. The second kappa shape index (κ2) is 7.24. The highest BCUT2D eigenvalue weighted by Crippen LogP contribution is 2.40. The number of fused-ring (bicyclic) bond motifs is 6. The number of pyridine rings is 2. The average Bonchev–Trinajstić information content (AvgIpc) is 3.44. The molecule has 0 saturated carbocycles. The molecule has 0 amide bonds. The summed E-state index contributed by atoms with van der Waals surface area (Å²) >= 11 is 1.76. The molecule has 34 heavy (non-hydrogen) atoms. The minimum atomic E-state index is 0.924. The van der Waals surface area contributed by atoms with Crippen LogP contribution in [0.4, 0.5) is 0 Å². The molecule has 7 aromatic rings. The van der Waals surface area contributed by atoms with Crippen LogP contribution in [0.3, 0.4) is 0 Å². The summed E-state index contributed by atoms with van der Waals surface area (Å²) in [5, 5.41) is 3.45. The van der Waals surface area contributed by atoms with Crippen molar-refractivity contribution in [1.82, 2.24) is 9.97 Å². The van der Waals surface area contributed by atoms with E-state index < -0.39 is 0 Å². The van der Waals surface area contributed by atoms with Gasteiger partial charge in [0.25, 0.3) is 0 Å². The summed E-state index contributed by atoms with van der Waals surface area (Å²) in [6.45, 7) is 4.19. The van der Waals surface area contributed by atoms with Crippen molar-refractivity contribution in [2.24, 2.45) is 0 Å². The van der Waals surface area contributed by atoms with E-state index in [9.17, 15) is 0 Å². The van der Waals surface area contributed by atoms with E-state index >= 15 is 0 Å². The van der Waals surface area contributed by atoms with E-state index in [-0.39, 0.29) is 0 Å². The van der Waals surface area contributed by atoms with Crippen LogP contribution >= 0.6 is 11.3 Å². The lowest BCUT2D eigenvalue weighted by Gasteiger charge is -2.06. The van der Waals surface area contributed by atoms with Gasteiger partial charge in [-0.25, -0.2) is 4.98 Å². The molecule has 0 saturated heterocycles. The number of rotatable bonds is 2. The van der Waals surface area contributed by atoms with Crippen LogP contribution in [-0.4, -0.2) is 9.97 Å². The molecule has 0 aliphatic heterocycles. The summed E-state index contributed by atoms with van der Waals surface area (Å²) in [6.07, 6.45) is 1.87. The first kappa shape index (κ1) is 19.4. The Labute approximate surface area is 200 Å². The highest BCUT2D eigenvalue weighted by atomic mass is 32.1. The Kier molecular flexibility index (Phi) is 4.14. The van der Waals surface area contributed by atoms with Crippen molar-refractivity contribution in [2.45, 2.75) is 13.8 Å². The Hall–Kier alpha value is -4.02. The minimum absolute atomic E-state index is 0.924. The maximum absolute atomic E-state index is 6.56. The number of aryl methyl sites for hydroxylation is 2. The molecule has 4 heteroatoms. The largest absolute Gasteiger partial charge is 0.455 e. The molecule has 162 valence electrons. The maximum Gasteiger partial charge on any atom is 0.143 e. The third-order valence-corrected chi connectivity index (χ3v) is 7.95. The second-order valence-electron chi connectivity index (χ2n) is 8.68. The zero-order valence-electron chi connectivity index (χ0n) is 18.8. The van der Waals surface area contributed by atoms with Gasteiger partial charge in [-0.1, -0.05) is 54.6 Å². The number of nitrogens with zero attached hydrogens (tertiary/aromatic N) is 2. The van der Waals surface area contributed by atoms with Crippen molar-refractivity contribution in [3.63, 3.8) is 0 Å². The Morgan fingerprint density at radius 3 is 2.44 bits per heavy atom. The number of furan rings is 1. The molecule has 4 aromatic heterocycles. The van der Waals surface area contributed by atoms with Gasteiger partial charge in [-0.15, -0.1) is 11.3 Å². The second-order valence-corrected chi connectivity index (χ2v) is 9.74. The summed E-state index contributed by atoms with van der Waals surface area (Å²) < 4.78 is 8.95. The zero-order chi connectivity index (χ0) is 22.8. The predicted octanol–water partition coefficient (Wildman–Crippen LogP) is 8.69. The van der Waals surface area contributed by atoms with Gasteiger partial charge in [0, 0.05) is 39.0 Å². The van der Waals surface area contributed by atoms with Crippen LogP contribution in [0, 0.1) is 13.8 Å². The molecule has 0 unspecified atom stereocenters. The fourth-order valence-corrected chi connectivity index (χ4v) is 6.05. The van der Waals surface area contributed by atoms with Crippen LogP contribution in [0.15, 0.2) is 89.5 Å². The minimum Gasteiger partial charge on any atom is -0.455 e. The average molecular weight is 457 g/mol. The normalized spacial score (nSPS) is 11.8. The molecule has 7 rings (SSSR count). The van der Waals surface area contributed by atoms with Crippen LogP contribution in [0.5, 0.6) is 0 Å². The molecule has 0 N–H and O–H groups in total. The summed E-state index contributed by atoms with van der Waals surface area (Å²) in [5.74, 6) is 0. The number of thiophene rings is 1. The first-order valence-corrected chi connectivity index (χ1v) is 12.2. The maximum atomic E-state index is 6.56. The molecule has 0 radical (unpaired) electrons. The van der Waals surface area contributed by atoms with Crippen LogP contribution in [0.2, 0.25) is 0 Å². The van der Waals surface area contributed by atoms with Gasteiger partial charge in [0.2, 0.25) is 0 Å². The third kappa shape index (κ3) is 2.76. The predicted molar refractivity (Wildman–Crippen MR) is 143 cm³/mol. The van der Waals surface area contributed by atoms with Gasteiger partial charge in [0.05, 0.1) is 26.3 Å². The van der Waals surface area contributed by atoms with E-state index in [1.54, 1.807) is 11.3 Å². The van der Waals surface area contributed by atoms with E-state index in [0.717, 1.165) is 61.1 Å². The number of hydrogen-bond donors (Lipinski definition) is 0. The number of benzene rings is 3. The standard InChI is InChI=1S/C30H20N2OS/c1-17-20(25-13-14-26-27(32-25)24-15-16-31-18(2)30(24)34-26)11-12-23-22-10-6-9-21(29(22)33-28(17)23)19-7-4-3-5-8-19/h3-16H,1-2H3. The lowest BCUT2D eigenvalue weighted by molar-refractivity contribution is 0.667. The summed E-state index contributed by atoms with van der Waals surface area (Å²) in [5.41, 5.74) is 9.39. The van der Waals surface area contributed by atoms with E-state index in [4.69, 9.17) is 9.40 Å². The molecule has 0 aliphatic carbocycles. The lowest BCUT2D eigenvalue weighted by atomic mass is 9.99. The smallest absolute Gasteiger partial charge is 0.143 e. The van der Waals surface area contributed by atoms with Gasteiger partial charge >= 0.3 is 0 Å². The molecule has 0 atom stereocenters. The Balaban J connectivity index is 1.46. The monoisotopic (exact) mass is 456 g/mol. The Morgan fingerprint density at radius 2 is 1.56 bits per heavy atom. The highest BCUT2D eigenvalue weighted by molar-refractivity contribution is 7.25. The highest BCUT2D eigenvalue weighted by Gasteiger charge is 2.17. The molecule has 0 bridgehead atoms. The van der Waals surface area contributed by atoms with Crippen molar-refractivity contribution in [1.29, 1.82) is 0 Å². The van der Waals surface area contributed by atoms with Gasteiger partial charge in [0.15, 0.2) is 0 Å². The molecule has 3 nitrogen and oxygen atoms in total. The van der Waals surface area contributed by atoms with E-state index in [1.165, 1.54) is 14.8 Å². The molecule has 0 aliphatic rings. The van der Waals surface area contributed by atoms with Gasteiger partial charge < -0.3 is 4.42 Å². The Morgan fingerprint density at radius 1 is 0.706 bits per heavy atom. The third-order valence-electron chi connectivity index (χ3n) is 6.68. The number of aromatic nitrogens is 2. The van der Waals surface area contributed by atoms with Crippen molar-refractivity contribution in [2.75, 3.05) is 0 Å². The Bertz CT molecular complexity index is 1880. The fraction of sp³-hybridized carbons (Fsp3) is 0.0667. The van der Waals surface area contributed by atoms with Gasteiger partial charge in [0.1, 0.15) is 11.2 Å². The van der Waals surface area contributed by atoms with Gasteiger partial charge in [-0.05, 0) is 43.7 Å². The first-order valence-electron chi connectivity index (χ1n) is 11.3. The summed E-state index contributed by atoms with van der Waals surface area (Å²) in [6, 6.07) is 27.5. The van der Waals surface area contributed by atoms with Gasteiger partial charge in [-0.3, -0.25) is 4.98 Å². The molecule has 0 fully saturated rings. The van der Waals surface area contributed by atoms with E-state index in [0.29, 0.717) is 0 Å². The van der Waals surface area contributed by atoms with Crippen molar-refractivity contribution >= 4 is 53.6 Å². The fourth-order valence-electron chi connectivity index (χ4n) is 4.97. The summed E-state index contributed by atoms with van der Waals surface area (Å²) in [7, 11) is 0. The molecule has 3 aromatic carbocycles. The van der Waals surface area contributed by atoms with Crippen molar-refractivity contribution in [3.05, 3.63) is 96.3 Å². The number of hydrogen-bond acceptors (Lipinski definition) is 4. The van der Waals surface area contributed by atoms with Crippen molar-refractivity contribution in [3.8, 4) is 22.4 Å². The number of para-hydroxylation sites is 1. The molecular weight excluding hydrogens is 436 g/mol.